The van der Waals surface area contributed by atoms with Crippen molar-refractivity contribution in [3.8, 4) is 0 Å². The lowest BCUT2D eigenvalue weighted by molar-refractivity contribution is -0.137. The second kappa shape index (κ2) is 11.0. The van der Waals surface area contributed by atoms with Gasteiger partial charge in [-0.1, -0.05) is 54.6 Å². The number of aliphatic carboxylic acids is 1. The quantitative estimate of drug-likeness (QED) is 0.429. The van der Waals surface area contributed by atoms with Gasteiger partial charge in [0, 0.05) is 12.0 Å². The van der Waals surface area contributed by atoms with E-state index in [4.69, 9.17) is 5.11 Å². The average Bonchev–Trinajstić information content (AvgIpc) is 2.68. The molecule has 0 heterocycles. The molecule has 0 aliphatic rings. The Morgan fingerprint density at radius 1 is 0.741 bits per heavy atom. The van der Waals surface area contributed by atoms with Gasteiger partial charge in [0.15, 0.2) is 14.7 Å². The summed E-state index contributed by atoms with van der Waals surface area (Å²) in [5, 5.41) is 8.85. The van der Waals surface area contributed by atoms with Crippen molar-refractivity contribution in [2.45, 2.75) is 40.4 Å². The predicted molar refractivity (Wildman–Crippen MR) is 107 cm³/mol. The molecule has 0 amide bonds. The van der Waals surface area contributed by atoms with Crippen LogP contribution in [0.5, 0.6) is 0 Å². The summed E-state index contributed by atoms with van der Waals surface area (Å²) in [5.41, 5.74) is 1.31. The molecule has 3 aromatic rings. The van der Waals surface area contributed by atoms with E-state index in [1.807, 2.05) is 12.1 Å². The minimum absolute atomic E-state index is 0. The SMILES string of the molecule is O=C(O)CCCCc1ccccc1[S+](c1ccccc1)c1ccccc1.[Br-]. The highest BCUT2D eigenvalue weighted by Gasteiger charge is 2.30. The molecule has 0 bridgehead atoms. The molecular weight excluding hydrogens is 420 g/mol. The molecular formula is C23H23BrO2S. The lowest BCUT2D eigenvalue weighted by atomic mass is 10.1. The van der Waals surface area contributed by atoms with E-state index in [9.17, 15) is 4.79 Å². The van der Waals surface area contributed by atoms with Crippen LogP contribution in [-0.4, -0.2) is 11.1 Å². The molecule has 0 aromatic heterocycles. The maximum Gasteiger partial charge on any atom is 0.303 e. The zero-order chi connectivity index (χ0) is 18.2. The van der Waals surface area contributed by atoms with Gasteiger partial charge in [-0.15, -0.1) is 0 Å². The Hall–Kier alpha value is -2.04. The van der Waals surface area contributed by atoms with Crippen LogP contribution in [0.4, 0.5) is 0 Å². The second-order valence-electron chi connectivity index (χ2n) is 6.14. The predicted octanol–water partition coefficient (Wildman–Crippen LogP) is 2.58. The first-order valence-corrected chi connectivity index (χ1v) is 10.1. The molecule has 3 aromatic carbocycles. The van der Waals surface area contributed by atoms with Gasteiger partial charge in [0.2, 0.25) is 0 Å². The van der Waals surface area contributed by atoms with Crippen LogP contribution >= 0.6 is 0 Å². The highest BCUT2D eigenvalue weighted by Crippen LogP contribution is 2.33. The number of carboxylic acids is 1. The van der Waals surface area contributed by atoms with Crippen LogP contribution in [0.1, 0.15) is 24.8 Å². The van der Waals surface area contributed by atoms with Crippen molar-refractivity contribution in [2.24, 2.45) is 0 Å². The summed E-state index contributed by atoms with van der Waals surface area (Å²) in [5.74, 6) is -0.716. The number of rotatable bonds is 8. The molecule has 0 radical (unpaired) electrons. The number of halogens is 1. The van der Waals surface area contributed by atoms with Gasteiger partial charge >= 0.3 is 5.97 Å². The van der Waals surface area contributed by atoms with E-state index in [2.05, 4.69) is 72.8 Å². The molecule has 0 saturated carbocycles. The minimum atomic E-state index is -0.716. The van der Waals surface area contributed by atoms with E-state index in [0.29, 0.717) is 6.42 Å². The molecule has 0 aliphatic carbocycles. The van der Waals surface area contributed by atoms with Crippen LogP contribution in [-0.2, 0) is 22.1 Å². The summed E-state index contributed by atoms with van der Waals surface area (Å²) in [6.07, 6.45) is 2.76. The maximum atomic E-state index is 10.8. The van der Waals surface area contributed by atoms with Crippen molar-refractivity contribution in [2.75, 3.05) is 0 Å². The standard InChI is InChI=1S/C23H22O2S.BrH/c24-23(25)18-10-8-12-19-11-7-9-17-22(19)26(20-13-3-1-4-14-20)21-15-5-2-6-16-21;/h1-7,9,11,13-17H,8,10,12,18H2;1H. The van der Waals surface area contributed by atoms with E-state index < -0.39 is 5.97 Å². The van der Waals surface area contributed by atoms with Gasteiger partial charge in [0.05, 0.1) is 10.9 Å². The van der Waals surface area contributed by atoms with E-state index in [1.54, 1.807) is 0 Å². The Labute approximate surface area is 174 Å². The van der Waals surface area contributed by atoms with E-state index in [0.717, 1.165) is 12.8 Å². The number of hydrogen-bond donors (Lipinski definition) is 1. The third-order valence-corrected chi connectivity index (χ3v) is 6.56. The first-order valence-electron chi connectivity index (χ1n) is 8.90. The van der Waals surface area contributed by atoms with Crippen molar-refractivity contribution in [1.82, 2.24) is 0 Å². The molecule has 140 valence electrons. The number of aryl methyl sites for hydroxylation is 1. The second-order valence-corrected chi connectivity index (χ2v) is 8.14. The van der Waals surface area contributed by atoms with Crippen molar-refractivity contribution in [3.05, 3.63) is 90.5 Å². The Morgan fingerprint density at radius 3 is 1.81 bits per heavy atom. The largest absolute Gasteiger partial charge is 1.00 e. The van der Waals surface area contributed by atoms with Gasteiger partial charge in [-0.3, -0.25) is 4.79 Å². The lowest BCUT2D eigenvalue weighted by Gasteiger charge is -2.12. The van der Waals surface area contributed by atoms with Crippen LogP contribution < -0.4 is 17.0 Å². The third-order valence-electron chi connectivity index (χ3n) is 4.24. The van der Waals surface area contributed by atoms with Gasteiger partial charge in [0.1, 0.15) is 0 Å². The number of unbranched alkanes of at least 4 members (excludes halogenated alkanes) is 1. The first kappa shape index (κ1) is 21.3. The van der Waals surface area contributed by atoms with Crippen molar-refractivity contribution in [3.63, 3.8) is 0 Å². The number of carbonyl (C=O) groups is 1. The summed E-state index contributed by atoms with van der Waals surface area (Å²) in [4.78, 5) is 14.7. The normalized spacial score (nSPS) is 10.4. The molecule has 1 N–H and O–H groups in total. The zero-order valence-electron chi connectivity index (χ0n) is 15.1. The number of benzene rings is 3. The molecule has 0 atom stereocenters. The number of carboxylic acid groups (broad SMARTS) is 1. The smallest absolute Gasteiger partial charge is 0.303 e. The fraction of sp³-hybridized carbons (Fsp3) is 0.174. The minimum Gasteiger partial charge on any atom is -1.00 e. The van der Waals surface area contributed by atoms with Crippen molar-refractivity contribution < 1.29 is 26.9 Å². The topological polar surface area (TPSA) is 37.3 Å². The summed E-state index contributed by atoms with van der Waals surface area (Å²) in [7, 11) is -0.157. The molecule has 0 spiro atoms. The maximum absolute atomic E-state index is 10.8. The highest BCUT2D eigenvalue weighted by molar-refractivity contribution is 7.97. The fourth-order valence-corrected chi connectivity index (χ4v) is 5.29. The van der Waals surface area contributed by atoms with Crippen LogP contribution in [0.25, 0.3) is 0 Å². The Morgan fingerprint density at radius 2 is 1.26 bits per heavy atom. The van der Waals surface area contributed by atoms with Crippen molar-refractivity contribution in [1.29, 1.82) is 0 Å². The van der Waals surface area contributed by atoms with Gasteiger partial charge in [-0.25, -0.2) is 0 Å². The van der Waals surface area contributed by atoms with Gasteiger partial charge < -0.3 is 22.1 Å². The van der Waals surface area contributed by atoms with Crippen LogP contribution in [0, 0.1) is 0 Å². The molecule has 2 nitrogen and oxygen atoms in total. The highest BCUT2D eigenvalue weighted by atomic mass is 79.9. The van der Waals surface area contributed by atoms with Crippen LogP contribution in [0.15, 0.2) is 99.6 Å². The Kier molecular flexibility index (Phi) is 8.62. The molecule has 27 heavy (non-hydrogen) atoms. The van der Waals surface area contributed by atoms with E-state index in [1.165, 1.54) is 20.2 Å². The Balaban J connectivity index is 0.00000261. The zero-order valence-corrected chi connectivity index (χ0v) is 17.5. The van der Waals surface area contributed by atoms with Crippen LogP contribution in [0.2, 0.25) is 0 Å². The van der Waals surface area contributed by atoms with Crippen molar-refractivity contribution >= 4 is 16.9 Å². The Bertz CT molecular complexity index is 798. The fourth-order valence-electron chi connectivity index (χ4n) is 3.00. The summed E-state index contributed by atoms with van der Waals surface area (Å²) in [6, 6.07) is 29.8. The van der Waals surface area contributed by atoms with Crippen LogP contribution in [0.3, 0.4) is 0 Å². The molecule has 3 rings (SSSR count). The lowest BCUT2D eigenvalue weighted by Crippen LogP contribution is -3.00. The van der Waals surface area contributed by atoms with Gasteiger partial charge in [0.25, 0.3) is 0 Å². The monoisotopic (exact) mass is 442 g/mol. The molecule has 0 aliphatic heterocycles. The molecule has 0 fully saturated rings. The van der Waals surface area contributed by atoms with Gasteiger partial charge in [-0.05, 0) is 49.6 Å². The molecule has 0 unspecified atom stereocenters. The van der Waals surface area contributed by atoms with Gasteiger partial charge in [-0.2, -0.15) is 0 Å². The van der Waals surface area contributed by atoms with E-state index in [-0.39, 0.29) is 34.3 Å². The molecule has 4 heteroatoms. The average molecular weight is 443 g/mol. The molecule has 0 saturated heterocycles. The summed E-state index contributed by atoms with van der Waals surface area (Å²) < 4.78 is 0. The number of hydrogen-bond acceptors (Lipinski definition) is 1. The van der Waals surface area contributed by atoms with E-state index >= 15 is 0 Å². The summed E-state index contributed by atoms with van der Waals surface area (Å²) >= 11 is 0. The third kappa shape index (κ3) is 5.98. The first-order chi connectivity index (χ1) is 12.8. The summed E-state index contributed by atoms with van der Waals surface area (Å²) in [6.45, 7) is 0.